The molecule has 0 aromatic heterocycles. The number of carbonyl (C=O) groups is 2. The standard InChI is InChI=1S/C8H12N2O6/c1-3-8(2)6(13)9(15-4-11)7(14)10(8)16-5-12/h3,11-12H,1,4-5H2,2H3. The van der Waals surface area contributed by atoms with Gasteiger partial charge >= 0.3 is 6.03 Å². The molecule has 1 heterocycles. The van der Waals surface area contributed by atoms with E-state index in [1.54, 1.807) is 0 Å². The summed E-state index contributed by atoms with van der Waals surface area (Å²) in [6.45, 7) is 3.15. The van der Waals surface area contributed by atoms with Crippen LogP contribution in [0.1, 0.15) is 6.92 Å². The smallest absolute Gasteiger partial charge is 0.368 e. The van der Waals surface area contributed by atoms with E-state index >= 15 is 0 Å². The predicted octanol–water partition coefficient (Wildman–Crippen LogP) is -1.04. The summed E-state index contributed by atoms with van der Waals surface area (Å²) in [5.74, 6) is -0.769. The highest BCUT2D eigenvalue weighted by Crippen LogP contribution is 2.29. The molecular formula is C8H12N2O6. The zero-order valence-electron chi connectivity index (χ0n) is 8.62. The lowest BCUT2D eigenvalue weighted by Gasteiger charge is -2.25. The first-order valence-corrected chi connectivity index (χ1v) is 4.32. The Morgan fingerprint density at radius 3 is 2.38 bits per heavy atom. The van der Waals surface area contributed by atoms with Gasteiger partial charge in [0.2, 0.25) is 0 Å². The molecule has 0 aliphatic carbocycles. The second kappa shape index (κ2) is 4.58. The molecule has 0 bridgehead atoms. The molecule has 1 atom stereocenters. The molecule has 8 heteroatoms. The Labute approximate surface area is 91.2 Å². The number of amides is 3. The average molecular weight is 232 g/mol. The van der Waals surface area contributed by atoms with Crippen LogP contribution in [0, 0.1) is 0 Å². The normalized spacial score (nSPS) is 25.4. The molecule has 16 heavy (non-hydrogen) atoms. The highest BCUT2D eigenvalue weighted by Gasteiger charge is 2.55. The van der Waals surface area contributed by atoms with E-state index in [1.165, 1.54) is 13.0 Å². The van der Waals surface area contributed by atoms with Gasteiger partial charge in [-0.3, -0.25) is 4.79 Å². The molecule has 0 aromatic rings. The van der Waals surface area contributed by atoms with Crippen LogP contribution in [0.15, 0.2) is 12.7 Å². The first-order chi connectivity index (χ1) is 7.52. The van der Waals surface area contributed by atoms with Gasteiger partial charge in [0.25, 0.3) is 5.91 Å². The Hall–Kier alpha value is -1.48. The minimum absolute atomic E-state index is 0.345. The first kappa shape index (κ1) is 12.6. The molecule has 0 saturated carbocycles. The number of hydrogen-bond acceptors (Lipinski definition) is 6. The monoisotopic (exact) mass is 232 g/mol. The van der Waals surface area contributed by atoms with Crippen LogP contribution in [0.25, 0.3) is 0 Å². The maximum Gasteiger partial charge on any atom is 0.376 e. The molecule has 0 spiro atoms. The Bertz CT molecular complexity index is 320. The quantitative estimate of drug-likeness (QED) is 0.357. The third kappa shape index (κ3) is 1.67. The number of rotatable bonds is 5. The summed E-state index contributed by atoms with van der Waals surface area (Å²) in [7, 11) is 0. The van der Waals surface area contributed by atoms with Gasteiger partial charge in [0, 0.05) is 0 Å². The van der Waals surface area contributed by atoms with Crippen LogP contribution in [-0.4, -0.2) is 51.4 Å². The third-order valence-corrected chi connectivity index (χ3v) is 2.16. The van der Waals surface area contributed by atoms with E-state index in [0.717, 1.165) is 0 Å². The van der Waals surface area contributed by atoms with Crippen LogP contribution in [0.3, 0.4) is 0 Å². The zero-order chi connectivity index (χ0) is 12.3. The van der Waals surface area contributed by atoms with Crippen molar-refractivity contribution in [3.05, 3.63) is 12.7 Å². The Kier molecular flexibility index (Phi) is 3.60. The van der Waals surface area contributed by atoms with Crippen molar-refractivity contribution in [3.8, 4) is 0 Å². The summed E-state index contributed by atoms with van der Waals surface area (Å²) < 4.78 is 0. The first-order valence-electron chi connectivity index (χ1n) is 4.32. The molecule has 0 radical (unpaired) electrons. The molecule has 8 nitrogen and oxygen atoms in total. The van der Waals surface area contributed by atoms with Crippen LogP contribution >= 0.6 is 0 Å². The van der Waals surface area contributed by atoms with Crippen LogP contribution in [0.5, 0.6) is 0 Å². The summed E-state index contributed by atoms with van der Waals surface area (Å²) in [5, 5.41) is 18.1. The van der Waals surface area contributed by atoms with Crippen molar-refractivity contribution in [1.82, 2.24) is 10.1 Å². The van der Waals surface area contributed by atoms with E-state index in [0.29, 0.717) is 10.1 Å². The van der Waals surface area contributed by atoms with Crippen molar-refractivity contribution in [1.29, 1.82) is 0 Å². The van der Waals surface area contributed by atoms with Gasteiger partial charge in [-0.15, -0.1) is 11.6 Å². The molecule has 3 amide bonds. The topological polar surface area (TPSA) is 99.5 Å². The molecule has 1 rings (SSSR count). The maximum absolute atomic E-state index is 11.7. The molecule has 1 aliphatic heterocycles. The van der Waals surface area contributed by atoms with Crippen molar-refractivity contribution < 1.29 is 29.5 Å². The molecule has 90 valence electrons. The maximum atomic E-state index is 11.7. The van der Waals surface area contributed by atoms with Gasteiger partial charge < -0.3 is 10.2 Å². The highest BCUT2D eigenvalue weighted by atomic mass is 16.8. The van der Waals surface area contributed by atoms with Gasteiger partial charge in [-0.05, 0) is 6.92 Å². The highest BCUT2D eigenvalue weighted by molar-refractivity contribution is 6.06. The van der Waals surface area contributed by atoms with Crippen LogP contribution in [0.4, 0.5) is 4.79 Å². The lowest BCUT2D eigenvalue weighted by Crippen LogP contribution is -2.45. The Morgan fingerprint density at radius 2 is 1.94 bits per heavy atom. The number of urea groups is 1. The van der Waals surface area contributed by atoms with Crippen molar-refractivity contribution in [2.24, 2.45) is 0 Å². The summed E-state index contributed by atoms with van der Waals surface area (Å²) >= 11 is 0. The van der Waals surface area contributed by atoms with E-state index in [2.05, 4.69) is 16.3 Å². The number of nitrogens with zero attached hydrogens (tertiary/aromatic N) is 2. The molecule has 0 aromatic carbocycles. The number of carbonyl (C=O) groups excluding carboxylic acids is 2. The number of aliphatic hydroxyl groups excluding tert-OH is 2. The fraction of sp³-hybridized carbons (Fsp3) is 0.500. The second-order valence-corrected chi connectivity index (χ2v) is 3.04. The van der Waals surface area contributed by atoms with E-state index < -0.39 is 31.1 Å². The Morgan fingerprint density at radius 1 is 1.38 bits per heavy atom. The van der Waals surface area contributed by atoms with Gasteiger partial charge in [0.1, 0.15) is 0 Å². The van der Waals surface area contributed by atoms with Crippen molar-refractivity contribution >= 4 is 11.9 Å². The Balaban J connectivity index is 3.04. The fourth-order valence-corrected chi connectivity index (χ4v) is 1.25. The van der Waals surface area contributed by atoms with Gasteiger partial charge in [-0.1, -0.05) is 6.08 Å². The molecule has 1 saturated heterocycles. The molecule has 1 aliphatic rings. The van der Waals surface area contributed by atoms with E-state index in [1.807, 2.05) is 0 Å². The summed E-state index contributed by atoms with van der Waals surface area (Å²) in [5.41, 5.74) is -1.48. The molecule has 2 N–H and O–H groups in total. The summed E-state index contributed by atoms with van der Waals surface area (Å²) in [4.78, 5) is 32.4. The van der Waals surface area contributed by atoms with E-state index in [9.17, 15) is 9.59 Å². The molecule has 1 fully saturated rings. The van der Waals surface area contributed by atoms with Crippen molar-refractivity contribution in [3.63, 3.8) is 0 Å². The lowest BCUT2D eigenvalue weighted by molar-refractivity contribution is -0.202. The second-order valence-electron chi connectivity index (χ2n) is 3.04. The van der Waals surface area contributed by atoms with E-state index in [-0.39, 0.29) is 0 Å². The fourth-order valence-electron chi connectivity index (χ4n) is 1.25. The van der Waals surface area contributed by atoms with Crippen molar-refractivity contribution in [2.45, 2.75) is 12.5 Å². The lowest BCUT2D eigenvalue weighted by atomic mass is 10.0. The minimum Gasteiger partial charge on any atom is -0.368 e. The number of aliphatic hydroxyl groups is 2. The van der Waals surface area contributed by atoms with Crippen LogP contribution in [-0.2, 0) is 14.5 Å². The number of imide groups is 1. The minimum atomic E-state index is -1.48. The molecular weight excluding hydrogens is 220 g/mol. The summed E-state index contributed by atoms with van der Waals surface area (Å²) in [6, 6.07) is -0.949. The average Bonchev–Trinajstić information content (AvgIpc) is 2.45. The third-order valence-electron chi connectivity index (χ3n) is 2.16. The largest absolute Gasteiger partial charge is 0.376 e. The van der Waals surface area contributed by atoms with Gasteiger partial charge in [0.15, 0.2) is 19.1 Å². The van der Waals surface area contributed by atoms with Gasteiger partial charge in [-0.2, -0.15) is 5.06 Å². The van der Waals surface area contributed by atoms with Crippen molar-refractivity contribution in [2.75, 3.05) is 13.6 Å². The van der Waals surface area contributed by atoms with Gasteiger partial charge in [-0.25, -0.2) is 14.5 Å². The molecule has 1 unspecified atom stereocenters. The van der Waals surface area contributed by atoms with Crippen LogP contribution < -0.4 is 0 Å². The predicted molar refractivity (Wildman–Crippen MR) is 49.0 cm³/mol. The zero-order valence-corrected chi connectivity index (χ0v) is 8.62. The number of hydroxylamine groups is 4. The van der Waals surface area contributed by atoms with E-state index in [4.69, 9.17) is 10.2 Å². The SMILES string of the molecule is C=CC1(C)C(=O)N(OCO)C(=O)N1OCO. The van der Waals surface area contributed by atoms with Gasteiger partial charge in [0.05, 0.1) is 0 Å². The summed E-state index contributed by atoms with van der Waals surface area (Å²) in [6.07, 6.45) is 1.17. The van der Waals surface area contributed by atoms with Crippen LogP contribution in [0.2, 0.25) is 0 Å². The number of hydrogen-bond donors (Lipinski definition) is 2.